The zero-order valence-corrected chi connectivity index (χ0v) is 11.9. The fraction of sp³-hybridized carbons (Fsp3) is 0.750. The van der Waals surface area contributed by atoms with Crippen LogP contribution in [0.4, 0.5) is 0 Å². The summed E-state index contributed by atoms with van der Waals surface area (Å²) in [6, 6.07) is 0.460. The van der Waals surface area contributed by atoms with E-state index in [1.54, 1.807) is 0 Å². The quantitative estimate of drug-likeness (QED) is 0.260. The van der Waals surface area contributed by atoms with E-state index in [1.165, 1.54) is 0 Å². The molecule has 0 radical (unpaired) electrons. The largest absolute Gasteiger partial charge is 0.352 e. The molecule has 5 heteroatoms. The molecular formula is C12H23ClN4. The normalized spacial score (nSPS) is 25.6. The maximum absolute atomic E-state index is 6.11. The number of amidine groups is 1. The van der Waals surface area contributed by atoms with Crippen molar-refractivity contribution >= 4 is 17.4 Å². The van der Waals surface area contributed by atoms with Gasteiger partial charge in [0, 0.05) is 25.7 Å². The molecule has 2 atom stereocenters. The predicted molar refractivity (Wildman–Crippen MR) is 74.3 cm³/mol. The van der Waals surface area contributed by atoms with Crippen molar-refractivity contribution in [3.05, 3.63) is 11.1 Å². The summed E-state index contributed by atoms with van der Waals surface area (Å²) in [6.07, 6.45) is 0. The zero-order chi connectivity index (χ0) is 13.0. The standard InChI is InChI=1S/C12H23ClN4/c1-8-7-17(6-5-15-8)12(16-14)10(3)9(2)11(4)13/h8,11,15H,5-7,14H2,1-4H3/b10-9-,16-12+/t8-,11?/m1/s1. The Kier molecular flexibility index (Phi) is 5.28. The molecule has 0 saturated carbocycles. The molecule has 98 valence electrons. The lowest BCUT2D eigenvalue weighted by molar-refractivity contribution is 0.303. The molecule has 0 spiro atoms. The highest BCUT2D eigenvalue weighted by atomic mass is 35.5. The first-order valence-electron chi connectivity index (χ1n) is 6.05. The van der Waals surface area contributed by atoms with Gasteiger partial charge in [-0.25, -0.2) is 0 Å². The SMILES string of the molecule is CC(=C(\C)C(C)Cl)/C(=N\N)N1CCN[C@H](C)C1. The Morgan fingerprint density at radius 2 is 2.18 bits per heavy atom. The van der Waals surface area contributed by atoms with Crippen molar-refractivity contribution in [3.63, 3.8) is 0 Å². The van der Waals surface area contributed by atoms with Crippen molar-refractivity contribution in [2.75, 3.05) is 19.6 Å². The Labute approximate surface area is 109 Å². The fourth-order valence-corrected chi connectivity index (χ4v) is 2.18. The molecule has 1 aliphatic rings. The van der Waals surface area contributed by atoms with Crippen molar-refractivity contribution in [3.8, 4) is 0 Å². The molecule has 1 aliphatic heterocycles. The third-order valence-corrected chi connectivity index (χ3v) is 3.64. The molecule has 0 aromatic rings. The van der Waals surface area contributed by atoms with Crippen LogP contribution in [0.25, 0.3) is 0 Å². The average Bonchev–Trinajstić information content (AvgIpc) is 2.28. The lowest BCUT2D eigenvalue weighted by atomic mass is 10.1. The van der Waals surface area contributed by atoms with Crippen LogP contribution in [0.15, 0.2) is 16.2 Å². The van der Waals surface area contributed by atoms with E-state index in [0.717, 1.165) is 36.6 Å². The molecule has 0 aromatic heterocycles. The van der Waals surface area contributed by atoms with Crippen LogP contribution in [0.1, 0.15) is 27.7 Å². The molecule has 0 amide bonds. The number of allylic oxidation sites excluding steroid dienone is 1. The first kappa shape index (κ1) is 14.3. The van der Waals surface area contributed by atoms with E-state index < -0.39 is 0 Å². The maximum atomic E-state index is 6.11. The van der Waals surface area contributed by atoms with Crippen LogP contribution in [0.3, 0.4) is 0 Å². The van der Waals surface area contributed by atoms with E-state index in [4.69, 9.17) is 17.4 Å². The third-order valence-electron chi connectivity index (χ3n) is 3.31. The van der Waals surface area contributed by atoms with Gasteiger partial charge in [0.1, 0.15) is 0 Å². The zero-order valence-electron chi connectivity index (χ0n) is 11.1. The number of halogens is 1. The third kappa shape index (κ3) is 3.61. The second kappa shape index (κ2) is 6.26. The minimum absolute atomic E-state index is 0.00656. The number of nitrogens with two attached hydrogens (primary N) is 1. The number of hydrazone groups is 1. The van der Waals surface area contributed by atoms with E-state index >= 15 is 0 Å². The number of nitrogens with one attached hydrogen (secondary N) is 1. The second-order valence-corrected chi connectivity index (χ2v) is 5.33. The number of rotatable bonds is 2. The molecule has 1 fully saturated rings. The molecule has 1 heterocycles. The maximum Gasteiger partial charge on any atom is 0.151 e. The van der Waals surface area contributed by atoms with Crippen molar-refractivity contribution in [1.82, 2.24) is 10.2 Å². The van der Waals surface area contributed by atoms with Gasteiger partial charge >= 0.3 is 0 Å². The molecule has 4 nitrogen and oxygen atoms in total. The molecule has 3 N–H and O–H groups in total. The first-order valence-corrected chi connectivity index (χ1v) is 6.49. The molecular weight excluding hydrogens is 236 g/mol. The summed E-state index contributed by atoms with van der Waals surface area (Å²) in [5.41, 5.74) is 2.21. The van der Waals surface area contributed by atoms with Crippen LogP contribution >= 0.6 is 11.6 Å². The van der Waals surface area contributed by atoms with Gasteiger partial charge in [0.2, 0.25) is 0 Å². The van der Waals surface area contributed by atoms with Gasteiger partial charge in [-0.3, -0.25) is 0 Å². The van der Waals surface area contributed by atoms with Gasteiger partial charge in [-0.1, -0.05) is 0 Å². The second-order valence-electron chi connectivity index (χ2n) is 4.68. The van der Waals surface area contributed by atoms with Gasteiger partial charge < -0.3 is 16.1 Å². The van der Waals surface area contributed by atoms with Crippen LogP contribution < -0.4 is 11.2 Å². The van der Waals surface area contributed by atoms with E-state index in [0.29, 0.717) is 6.04 Å². The molecule has 1 saturated heterocycles. The van der Waals surface area contributed by atoms with Gasteiger partial charge in [-0.05, 0) is 38.8 Å². The molecule has 0 aliphatic carbocycles. The lowest BCUT2D eigenvalue weighted by Crippen LogP contribution is -2.52. The van der Waals surface area contributed by atoms with Crippen molar-refractivity contribution in [1.29, 1.82) is 0 Å². The molecule has 1 rings (SSSR count). The minimum Gasteiger partial charge on any atom is -0.352 e. The summed E-state index contributed by atoms with van der Waals surface area (Å²) in [6.45, 7) is 11.0. The molecule has 0 aromatic carbocycles. The number of piperazine rings is 1. The molecule has 17 heavy (non-hydrogen) atoms. The summed E-state index contributed by atoms with van der Waals surface area (Å²) in [7, 11) is 0. The summed E-state index contributed by atoms with van der Waals surface area (Å²) >= 11 is 6.11. The number of hydrogen-bond acceptors (Lipinski definition) is 3. The number of hydrogen-bond donors (Lipinski definition) is 2. The van der Waals surface area contributed by atoms with Crippen LogP contribution in [0.2, 0.25) is 0 Å². The van der Waals surface area contributed by atoms with Gasteiger partial charge in [0.05, 0.1) is 5.38 Å². The summed E-state index contributed by atoms with van der Waals surface area (Å²) in [5, 5.41) is 7.36. The van der Waals surface area contributed by atoms with Crippen molar-refractivity contribution < 1.29 is 0 Å². The van der Waals surface area contributed by atoms with Crippen molar-refractivity contribution in [2.45, 2.75) is 39.1 Å². The Balaban J connectivity index is 2.89. The summed E-state index contributed by atoms with van der Waals surface area (Å²) in [4.78, 5) is 2.22. The Hall–Kier alpha value is -0.740. The van der Waals surface area contributed by atoms with Crippen LogP contribution in [-0.4, -0.2) is 41.8 Å². The van der Waals surface area contributed by atoms with E-state index in [9.17, 15) is 0 Å². The van der Waals surface area contributed by atoms with Crippen molar-refractivity contribution in [2.24, 2.45) is 10.9 Å². The topological polar surface area (TPSA) is 53.6 Å². The van der Waals surface area contributed by atoms with Crippen LogP contribution in [0, 0.1) is 0 Å². The minimum atomic E-state index is 0.00656. The monoisotopic (exact) mass is 258 g/mol. The highest BCUT2D eigenvalue weighted by Crippen LogP contribution is 2.17. The van der Waals surface area contributed by atoms with E-state index in [-0.39, 0.29) is 5.38 Å². The molecule has 1 unspecified atom stereocenters. The summed E-state index contributed by atoms with van der Waals surface area (Å²) in [5.74, 6) is 6.40. The lowest BCUT2D eigenvalue weighted by Gasteiger charge is -2.34. The van der Waals surface area contributed by atoms with Gasteiger partial charge in [-0.2, -0.15) is 5.10 Å². The van der Waals surface area contributed by atoms with E-state index in [2.05, 4.69) is 22.2 Å². The highest BCUT2D eigenvalue weighted by Gasteiger charge is 2.21. The van der Waals surface area contributed by atoms with Gasteiger partial charge in [-0.15, -0.1) is 11.6 Å². The Morgan fingerprint density at radius 1 is 1.53 bits per heavy atom. The summed E-state index contributed by atoms with van der Waals surface area (Å²) < 4.78 is 0. The smallest absolute Gasteiger partial charge is 0.151 e. The average molecular weight is 259 g/mol. The van der Waals surface area contributed by atoms with Gasteiger partial charge in [0.25, 0.3) is 0 Å². The van der Waals surface area contributed by atoms with Gasteiger partial charge in [0.15, 0.2) is 5.84 Å². The first-order chi connectivity index (χ1) is 7.97. The number of alkyl halides is 1. The van der Waals surface area contributed by atoms with Crippen LogP contribution in [0.5, 0.6) is 0 Å². The molecule has 0 bridgehead atoms. The van der Waals surface area contributed by atoms with Crippen LogP contribution in [-0.2, 0) is 0 Å². The highest BCUT2D eigenvalue weighted by molar-refractivity contribution is 6.22. The Morgan fingerprint density at radius 3 is 2.65 bits per heavy atom. The number of nitrogens with zero attached hydrogens (tertiary/aromatic N) is 2. The Bertz CT molecular complexity index is 322. The predicted octanol–water partition coefficient (Wildman–Crippen LogP) is 1.52. The van der Waals surface area contributed by atoms with E-state index in [1.807, 2.05) is 20.8 Å². The fourth-order valence-electron chi connectivity index (χ4n) is 2.02.